The Bertz CT molecular complexity index is 2140. The summed E-state index contributed by atoms with van der Waals surface area (Å²) in [5.41, 5.74) is 13.2. The number of fused-ring (bicyclic) bond motifs is 5. The molecule has 240 valence electrons. The maximum absolute atomic E-state index is 13.8. The average Bonchev–Trinajstić information content (AvgIpc) is 3.47. The first-order valence-corrected chi connectivity index (χ1v) is 16.5. The number of methoxy groups -OCH3 is 1. The maximum Gasteiger partial charge on any atom is 0.254 e. The number of imidazole rings is 1. The van der Waals surface area contributed by atoms with E-state index >= 15 is 0 Å². The molecule has 11 nitrogen and oxygen atoms in total. The largest absolute Gasteiger partial charge is 0.507 e. The van der Waals surface area contributed by atoms with Crippen molar-refractivity contribution in [1.29, 1.82) is 0 Å². The Hall–Kier alpha value is -4.90. The Labute approximate surface area is 271 Å². The van der Waals surface area contributed by atoms with E-state index in [2.05, 4.69) is 16.0 Å². The second kappa shape index (κ2) is 10.3. The lowest BCUT2D eigenvalue weighted by atomic mass is 9.98. The highest BCUT2D eigenvalue weighted by atomic mass is 16.5. The van der Waals surface area contributed by atoms with E-state index in [9.17, 15) is 14.7 Å². The normalized spacial score (nSPS) is 21.9. The van der Waals surface area contributed by atoms with E-state index in [1.807, 2.05) is 46.8 Å². The molecular formula is C36H37N7O4. The van der Waals surface area contributed by atoms with Crippen molar-refractivity contribution in [3.8, 4) is 34.3 Å². The average molecular weight is 632 g/mol. The van der Waals surface area contributed by atoms with Gasteiger partial charge in [0.25, 0.3) is 5.91 Å². The molecule has 3 aromatic heterocycles. The van der Waals surface area contributed by atoms with Gasteiger partial charge in [0.1, 0.15) is 22.7 Å². The summed E-state index contributed by atoms with van der Waals surface area (Å²) in [6.07, 6.45) is 5.41. The number of rotatable bonds is 6. The zero-order chi connectivity index (χ0) is 32.1. The summed E-state index contributed by atoms with van der Waals surface area (Å²) < 4.78 is 10.1. The summed E-state index contributed by atoms with van der Waals surface area (Å²) in [5.74, 6) is 2.31. The number of aromatic hydroxyl groups is 1. The Morgan fingerprint density at radius 2 is 1.94 bits per heavy atom. The first-order valence-electron chi connectivity index (χ1n) is 16.5. The third-order valence-electron chi connectivity index (χ3n) is 10.8. The van der Waals surface area contributed by atoms with Crippen molar-refractivity contribution in [3.05, 3.63) is 53.6 Å². The summed E-state index contributed by atoms with van der Waals surface area (Å²) in [7, 11) is 3.61. The molecule has 5 aromatic rings. The number of nitrogens with zero attached hydrogens (tertiary/aromatic N) is 5. The van der Waals surface area contributed by atoms with Gasteiger partial charge in [-0.25, -0.2) is 9.97 Å². The third-order valence-corrected chi connectivity index (χ3v) is 10.8. The smallest absolute Gasteiger partial charge is 0.254 e. The van der Waals surface area contributed by atoms with E-state index in [0.29, 0.717) is 65.0 Å². The third kappa shape index (κ3) is 4.43. The number of pyridine rings is 1. The number of amides is 2. The lowest BCUT2D eigenvalue weighted by Gasteiger charge is -2.27. The molecule has 47 heavy (non-hydrogen) atoms. The minimum Gasteiger partial charge on any atom is -0.507 e. The molecule has 5 heterocycles. The van der Waals surface area contributed by atoms with Gasteiger partial charge in [-0.1, -0.05) is 0 Å². The van der Waals surface area contributed by atoms with Gasteiger partial charge in [0.15, 0.2) is 5.82 Å². The van der Waals surface area contributed by atoms with Crippen LogP contribution in [-0.4, -0.2) is 66.7 Å². The van der Waals surface area contributed by atoms with E-state index in [1.54, 1.807) is 13.2 Å². The fourth-order valence-electron chi connectivity index (χ4n) is 8.09. The first-order chi connectivity index (χ1) is 22.8. The summed E-state index contributed by atoms with van der Waals surface area (Å²) >= 11 is 0. The predicted molar refractivity (Wildman–Crippen MR) is 178 cm³/mol. The number of hydrogen-bond acceptors (Lipinski definition) is 7. The Morgan fingerprint density at radius 1 is 1.09 bits per heavy atom. The molecule has 3 unspecified atom stereocenters. The van der Waals surface area contributed by atoms with Crippen LogP contribution in [0.15, 0.2) is 42.5 Å². The summed E-state index contributed by atoms with van der Waals surface area (Å²) in [4.78, 5) is 37.8. The SMILES string of the molecule is COc1cc(C(=O)N2CC3CCC2C3N)cc2nc(-c3cc4ccc(-c5cc6c(cc5O)NC(=O)CC6)nc4n3CC3CC3)n(C)c12. The van der Waals surface area contributed by atoms with Crippen LogP contribution in [-0.2, 0) is 24.8 Å². The molecule has 2 bridgehead atoms. The molecule has 0 radical (unpaired) electrons. The lowest BCUT2D eigenvalue weighted by molar-refractivity contribution is -0.116. The van der Waals surface area contributed by atoms with Crippen LogP contribution in [0.5, 0.6) is 11.5 Å². The number of benzene rings is 2. The molecule has 2 aromatic carbocycles. The highest BCUT2D eigenvalue weighted by molar-refractivity contribution is 6.01. The molecule has 3 atom stereocenters. The van der Waals surface area contributed by atoms with Gasteiger partial charge in [0, 0.05) is 66.9 Å². The van der Waals surface area contributed by atoms with Crippen LogP contribution >= 0.6 is 0 Å². The number of ether oxygens (including phenoxy) is 1. The number of piperidine rings is 1. The number of anilines is 1. The first kappa shape index (κ1) is 28.3. The molecule has 2 amide bonds. The van der Waals surface area contributed by atoms with Crippen LogP contribution in [0.4, 0.5) is 5.69 Å². The molecule has 9 rings (SSSR count). The number of carbonyl (C=O) groups excluding carboxylic acids is 2. The zero-order valence-corrected chi connectivity index (χ0v) is 26.5. The van der Waals surface area contributed by atoms with Gasteiger partial charge < -0.3 is 34.9 Å². The standard InChI is InChI=1S/C36H37N7O4/c1-41-33-26(12-22(14-30(33)47-2)36(46)43-17-21-6-9-27(43)32(21)37)40-35(41)28-13-20-5-8-24(39-34(20)42(28)16-18-3-4-18)23-11-19-7-10-31(45)38-25(19)15-29(23)44/h5,8,11-15,18,21,27,32,44H,3-4,6-7,9-10,16-17,37H2,1-2H3,(H,38,45). The molecular weight excluding hydrogens is 594 g/mol. The molecule has 2 saturated carbocycles. The van der Waals surface area contributed by atoms with Crippen molar-refractivity contribution >= 4 is 39.6 Å². The van der Waals surface area contributed by atoms with Crippen LogP contribution in [0.2, 0.25) is 0 Å². The molecule has 1 saturated heterocycles. The molecule has 2 aliphatic carbocycles. The fraction of sp³-hybridized carbons (Fsp3) is 0.389. The van der Waals surface area contributed by atoms with E-state index < -0.39 is 0 Å². The van der Waals surface area contributed by atoms with Crippen LogP contribution < -0.4 is 15.8 Å². The predicted octanol–water partition coefficient (Wildman–Crippen LogP) is 4.83. The molecule has 4 aliphatic rings. The Morgan fingerprint density at radius 3 is 2.68 bits per heavy atom. The molecule has 2 aliphatic heterocycles. The monoisotopic (exact) mass is 631 g/mol. The highest BCUT2D eigenvalue weighted by Gasteiger charge is 2.47. The van der Waals surface area contributed by atoms with Crippen LogP contribution in [0.3, 0.4) is 0 Å². The Kier molecular flexibility index (Phi) is 6.21. The summed E-state index contributed by atoms with van der Waals surface area (Å²) in [6, 6.07) is 13.5. The molecule has 0 spiro atoms. The second-order valence-corrected chi connectivity index (χ2v) is 13.7. The number of nitrogens with two attached hydrogens (primary N) is 1. The number of phenolic OH excluding ortho intramolecular Hbond substituents is 1. The summed E-state index contributed by atoms with van der Waals surface area (Å²) in [5, 5.41) is 14.8. The van der Waals surface area contributed by atoms with Gasteiger partial charge in [-0.05, 0) is 85.9 Å². The van der Waals surface area contributed by atoms with Crippen molar-refractivity contribution in [2.45, 2.75) is 57.2 Å². The molecule has 4 N–H and O–H groups in total. The number of nitrogens with one attached hydrogen (secondary N) is 1. The van der Waals surface area contributed by atoms with E-state index in [1.165, 1.54) is 12.8 Å². The van der Waals surface area contributed by atoms with Crippen LogP contribution in [0.1, 0.15) is 48.0 Å². The minimum atomic E-state index is -0.0415. The number of carbonyl (C=O) groups is 2. The highest BCUT2D eigenvalue weighted by Crippen LogP contribution is 2.41. The molecule has 11 heteroatoms. The maximum atomic E-state index is 13.8. The van der Waals surface area contributed by atoms with Gasteiger partial charge >= 0.3 is 0 Å². The number of phenols is 1. The summed E-state index contributed by atoms with van der Waals surface area (Å²) in [6.45, 7) is 1.51. The lowest BCUT2D eigenvalue weighted by Crippen LogP contribution is -2.41. The second-order valence-electron chi connectivity index (χ2n) is 13.7. The van der Waals surface area contributed by atoms with E-state index in [-0.39, 0.29) is 29.6 Å². The quantitative estimate of drug-likeness (QED) is 0.244. The topological polar surface area (TPSA) is 141 Å². The van der Waals surface area contributed by atoms with Crippen molar-refractivity contribution < 1.29 is 19.4 Å². The van der Waals surface area contributed by atoms with Gasteiger partial charge in [0.2, 0.25) is 5.91 Å². The van der Waals surface area contributed by atoms with Crippen LogP contribution in [0.25, 0.3) is 44.8 Å². The number of likely N-dealkylation sites (tertiary alicyclic amines) is 1. The zero-order valence-electron chi connectivity index (χ0n) is 26.5. The fourth-order valence-corrected chi connectivity index (χ4v) is 8.09. The number of aryl methyl sites for hydroxylation is 2. The van der Waals surface area contributed by atoms with Crippen molar-refractivity contribution in [3.63, 3.8) is 0 Å². The van der Waals surface area contributed by atoms with Gasteiger partial charge in [0.05, 0.1) is 24.0 Å². The van der Waals surface area contributed by atoms with E-state index in [0.717, 1.165) is 53.0 Å². The van der Waals surface area contributed by atoms with E-state index in [4.69, 9.17) is 20.4 Å². The number of hydrogen-bond donors (Lipinski definition) is 3. The Balaban J connectivity index is 1.14. The van der Waals surface area contributed by atoms with Gasteiger partial charge in [-0.15, -0.1) is 0 Å². The van der Waals surface area contributed by atoms with Crippen molar-refractivity contribution in [2.24, 2.45) is 24.6 Å². The van der Waals surface area contributed by atoms with Gasteiger partial charge in [-0.2, -0.15) is 0 Å². The van der Waals surface area contributed by atoms with Crippen molar-refractivity contribution in [1.82, 2.24) is 24.0 Å². The number of aromatic nitrogens is 4. The van der Waals surface area contributed by atoms with Gasteiger partial charge in [-0.3, -0.25) is 9.59 Å². The van der Waals surface area contributed by atoms with Crippen LogP contribution in [0, 0.1) is 11.8 Å². The molecule has 3 fully saturated rings. The minimum absolute atomic E-state index is 0.0209. The van der Waals surface area contributed by atoms with Crippen molar-refractivity contribution in [2.75, 3.05) is 19.0 Å².